The number of rotatable bonds is 7. The van der Waals surface area contributed by atoms with Crippen molar-refractivity contribution in [3.63, 3.8) is 0 Å². The van der Waals surface area contributed by atoms with Crippen LogP contribution in [0.2, 0.25) is 0 Å². The number of furan rings is 1. The number of amides is 1. The van der Waals surface area contributed by atoms with Crippen molar-refractivity contribution in [1.29, 1.82) is 0 Å². The van der Waals surface area contributed by atoms with E-state index in [1.54, 1.807) is 13.2 Å². The van der Waals surface area contributed by atoms with Crippen LogP contribution >= 0.6 is 0 Å². The third-order valence-electron chi connectivity index (χ3n) is 5.64. The van der Waals surface area contributed by atoms with Crippen LogP contribution in [0.25, 0.3) is 11.0 Å². The molecule has 0 unspecified atom stereocenters. The van der Waals surface area contributed by atoms with Crippen LogP contribution in [0.3, 0.4) is 0 Å². The fraction of sp³-hybridized carbons (Fsp3) is 0.360. The van der Waals surface area contributed by atoms with Crippen molar-refractivity contribution >= 4 is 28.5 Å². The first-order chi connectivity index (χ1) is 14.3. The fourth-order valence-corrected chi connectivity index (χ4v) is 3.42. The maximum atomic E-state index is 12.6. The minimum atomic E-state index is -0.898. The van der Waals surface area contributed by atoms with E-state index in [1.165, 1.54) is 0 Å². The van der Waals surface area contributed by atoms with E-state index in [-0.39, 0.29) is 12.3 Å². The minimum Gasteiger partial charge on any atom is -0.464 e. The van der Waals surface area contributed by atoms with Gasteiger partial charge in [0.1, 0.15) is 5.58 Å². The summed E-state index contributed by atoms with van der Waals surface area (Å²) in [5.41, 5.74) is 5.59. The Morgan fingerprint density at radius 2 is 1.80 bits per heavy atom. The summed E-state index contributed by atoms with van der Waals surface area (Å²) < 4.78 is 11.0. The average Bonchev–Trinajstić information content (AvgIpc) is 3.09. The molecule has 1 N–H and O–H groups in total. The van der Waals surface area contributed by atoms with Gasteiger partial charge < -0.3 is 14.5 Å². The zero-order valence-electron chi connectivity index (χ0n) is 18.2. The quantitative estimate of drug-likeness (QED) is 0.512. The van der Waals surface area contributed by atoms with Gasteiger partial charge in [0.2, 0.25) is 0 Å². The van der Waals surface area contributed by atoms with Gasteiger partial charge in [0, 0.05) is 16.6 Å². The molecule has 158 valence electrons. The molecule has 0 spiro atoms. The van der Waals surface area contributed by atoms with E-state index in [9.17, 15) is 9.59 Å². The first-order valence-electron chi connectivity index (χ1n) is 10.4. The molecule has 0 aliphatic rings. The predicted octanol–water partition coefficient (Wildman–Crippen LogP) is 5.68. The summed E-state index contributed by atoms with van der Waals surface area (Å²) in [4.78, 5) is 25.1. The average molecular weight is 408 g/mol. The fourth-order valence-electron chi connectivity index (χ4n) is 3.42. The molecule has 5 nitrogen and oxygen atoms in total. The monoisotopic (exact) mass is 407 g/mol. The number of fused-ring (bicyclic) bond motifs is 1. The largest absolute Gasteiger partial charge is 0.464 e. The molecule has 2 atom stereocenters. The molecule has 0 aliphatic heterocycles. The van der Waals surface area contributed by atoms with Gasteiger partial charge >= 0.3 is 5.97 Å². The van der Waals surface area contributed by atoms with Crippen molar-refractivity contribution in [3.05, 3.63) is 64.9 Å². The van der Waals surface area contributed by atoms with Gasteiger partial charge in [0.05, 0.1) is 12.7 Å². The topological polar surface area (TPSA) is 68.5 Å². The maximum absolute atomic E-state index is 12.6. The number of anilines is 1. The highest BCUT2D eigenvalue weighted by Gasteiger charge is 2.21. The number of carbonyl (C=O) groups excluding carboxylic acids is 2. The Balaban J connectivity index is 1.65. The van der Waals surface area contributed by atoms with Crippen LogP contribution < -0.4 is 5.32 Å². The predicted molar refractivity (Wildman–Crippen MR) is 119 cm³/mol. The molecule has 30 heavy (non-hydrogen) atoms. The Hall–Kier alpha value is -3.08. The van der Waals surface area contributed by atoms with Crippen LogP contribution in [0, 0.1) is 13.8 Å². The second-order valence-corrected chi connectivity index (χ2v) is 7.89. The van der Waals surface area contributed by atoms with Gasteiger partial charge in [-0.15, -0.1) is 0 Å². The molecule has 2 aromatic carbocycles. The molecule has 3 aromatic rings. The van der Waals surface area contributed by atoms with Gasteiger partial charge in [-0.25, -0.2) is 0 Å². The molecule has 3 rings (SSSR count). The first-order valence-corrected chi connectivity index (χ1v) is 10.4. The van der Waals surface area contributed by atoms with Crippen LogP contribution in [-0.2, 0) is 20.7 Å². The molecule has 0 radical (unpaired) electrons. The number of hydrogen-bond donors (Lipinski definition) is 1. The Labute approximate surface area is 177 Å². The second-order valence-electron chi connectivity index (χ2n) is 7.89. The zero-order chi connectivity index (χ0) is 21.8. The Bertz CT molecular complexity index is 1070. The van der Waals surface area contributed by atoms with E-state index in [2.05, 4.69) is 19.2 Å². The van der Waals surface area contributed by atoms with E-state index in [0.29, 0.717) is 5.92 Å². The molecule has 0 bridgehead atoms. The van der Waals surface area contributed by atoms with Gasteiger partial charge in [0.15, 0.2) is 6.10 Å². The lowest BCUT2D eigenvalue weighted by Crippen LogP contribution is -2.30. The Kier molecular flexibility index (Phi) is 6.60. The summed E-state index contributed by atoms with van der Waals surface area (Å²) in [5, 5.41) is 3.80. The number of hydrogen-bond acceptors (Lipinski definition) is 4. The minimum absolute atomic E-state index is 0.0522. The van der Waals surface area contributed by atoms with E-state index in [0.717, 1.165) is 45.3 Å². The third-order valence-corrected chi connectivity index (χ3v) is 5.64. The number of ether oxygens (including phenoxy) is 1. The molecule has 1 heterocycles. The molecule has 1 amide bonds. The van der Waals surface area contributed by atoms with Crippen LogP contribution in [-0.4, -0.2) is 18.0 Å². The highest BCUT2D eigenvalue weighted by Crippen LogP contribution is 2.27. The molecule has 0 saturated heterocycles. The Morgan fingerprint density at radius 1 is 1.10 bits per heavy atom. The van der Waals surface area contributed by atoms with Crippen molar-refractivity contribution in [2.24, 2.45) is 0 Å². The number of nitrogens with one attached hydrogen (secondary N) is 1. The molecule has 0 saturated carbocycles. The van der Waals surface area contributed by atoms with Crippen molar-refractivity contribution in [3.8, 4) is 0 Å². The summed E-state index contributed by atoms with van der Waals surface area (Å²) in [5.74, 6) is -0.489. The molecule has 0 aliphatic carbocycles. The third kappa shape index (κ3) is 4.73. The van der Waals surface area contributed by atoms with Gasteiger partial charge in [-0.1, -0.05) is 32.0 Å². The molecule has 5 heteroatoms. The summed E-state index contributed by atoms with van der Waals surface area (Å²) in [7, 11) is 0. The first kappa shape index (κ1) is 21.6. The van der Waals surface area contributed by atoms with Crippen LogP contribution in [0.1, 0.15) is 55.4 Å². The van der Waals surface area contributed by atoms with Gasteiger partial charge in [-0.05, 0) is 68.0 Å². The number of carbonyl (C=O) groups is 2. The lowest BCUT2D eigenvalue weighted by molar-refractivity contribution is -0.152. The lowest BCUT2D eigenvalue weighted by atomic mass is 9.97. The number of aryl methyl sites for hydroxylation is 2. The summed E-state index contributed by atoms with van der Waals surface area (Å²) >= 11 is 0. The summed E-state index contributed by atoms with van der Waals surface area (Å²) in [6.45, 7) is 9.85. The summed E-state index contributed by atoms with van der Waals surface area (Å²) in [6, 6.07) is 11.7. The standard InChI is InChI=1S/C25H29NO4/c1-6-15(2)20-9-7-8-10-22(20)26-25(28)18(5)30-24(27)13-19-14-29-23-12-17(4)16(3)11-21(19)23/h7-12,14-15,18H,6,13H2,1-5H3,(H,26,28)/t15-,18+/m0/s1. The lowest BCUT2D eigenvalue weighted by Gasteiger charge is -2.18. The smallest absolute Gasteiger partial charge is 0.311 e. The van der Waals surface area contributed by atoms with E-state index in [1.807, 2.05) is 50.2 Å². The number of benzene rings is 2. The zero-order valence-corrected chi connectivity index (χ0v) is 18.2. The molecular formula is C25H29NO4. The number of esters is 1. The van der Waals surface area contributed by atoms with E-state index >= 15 is 0 Å². The van der Waals surface area contributed by atoms with Gasteiger partial charge in [-0.2, -0.15) is 0 Å². The van der Waals surface area contributed by atoms with Crippen LogP contribution in [0.5, 0.6) is 0 Å². The van der Waals surface area contributed by atoms with Crippen molar-refractivity contribution in [1.82, 2.24) is 0 Å². The molecular weight excluding hydrogens is 378 g/mol. The van der Waals surface area contributed by atoms with Crippen LogP contribution in [0.15, 0.2) is 47.1 Å². The highest BCUT2D eigenvalue weighted by atomic mass is 16.5. The van der Waals surface area contributed by atoms with Gasteiger partial charge in [-0.3, -0.25) is 9.59 Å². The van der Waals surface area contributed by atoms with E-state index in [4.69, 9.17) is 9.15 Å². The maximum Gasteiger partial charge on any atom is 0.311 e. The van der Waals surface area contributed by atoms with Crippen molar-refractivity contribution in [2.45, 2.75) is 59.5 Å². The SMILES string of the molecule is CC[C@H](C)c1ccccc1NC(=O)[C@@H](C)OC(=O)Cc1coc2cc(C)c(C)cc12. The molecule has 1 aromatic heterocycles. The van der Waals surface area contributed by atoms with Gasteiger partial charge in [0.25, 0.3) is 5.91 Å². The molecule has 0 fully saturated rings. The van der Waals surface area contributed by atoms with Crippen molar-refractivity contribution in [2.75, 3.05) is 5.32 Å². The number of para-hydroxylation sites is 1. The van der Waals surface area contributed by atoms with Crippen molar-refractivity contribution < 1.29 is 18.7 Å². The second kappa shape index (κ2) is 9.16. The normalized spacial score (nSPS) is 13.1. The Morgan fingerprint density at radius 3 is 2.53 bits per heavy atom. The van der Waals surface area contributed by atoms with Crippen LogP contribution in [0.4, 0.5) is 5.69 Å². The highest BCUT2D eigenvalue weighted by molar-refractivity contribution is 5.96. The summed E-state index contributed by atoms with van der Waals surface area (Å²) in [6.07, 6.45) is 1.70. The van der Waals surface area contributed by atoms with E-state index < -0.39 is 12.1 Å².